The van der Waals surface area contributed by atoms with Gasteiger partial charge in [0.15, 0.2) is 0 Å². The van der Waals surface area contributed by atoms with E-state index in [0.717, 1.165) is 53.3 Å². The quantitative estimate of drug-likeness (QED) is 0.306. The van der Waals surface area contributed by atoms with Crippen molar-refractivity contribution in [1.82, 2.24) is 0 Å². The molecule has 0 aromatic rings. The van der Waals surface area contributed by atoms with Gasteiger partial charge in [-0.05, 0) is 170 Å². The lowest BCUT2D eigenvalue weighted by atomic mass is 9.31. The maximum Gasteiger partial charge on any atom is -0.0259 e. The number of hydrogen-bond donors (Lipinski definition) is 0. The Hall–Kier alpha value is 0. The lowest BCUT2D eigenvalue weighted by Crippen LogP contribution is -2.66. The van der Waals surface area contributed by atoms with E-state index in [2.05, 4.69) is 48.5 Å². The summed E-state index contributed by atoms with van der Waals surface area (Å²) >= 11 is 0. The van der Waals surface area contributed by atoms with E-state index in [1.165, 1.54) is 19.3 Å². The van der Waals surface area contributed by atoms with E-state index in [9.17, 15) is 0 Å². The third kappa shape index (κ3) is 3.38. The molecule has 7 saturated carbocycles. The van der Waals surface area contributed by atoms with Crippen LogP contribution in [0.1, 0.15) is 151 Å². The fourth-order valence-electron chi connectivity index (χ4n) is 15.4. The molecule has 13 atom stereocenters. The molecule has 7 aliphatic rings. The standard InChI is InChI=1S/C37H62/c1-24-10-12-27-25(23-24)11-13-30-34(27,4)21-16-32-36(6)20-15-29-26-9-8-18-33(2,3)28(26)14-19-35(29,5)31(36)17-22-37(30,32)7/h24-32H,8-23H2,1-7H3/t24-,25-,26-,27-,28+,29+,30+,31-,32+,34+,35+,36-,37-/m0/s1. The maximum atomic E-state index is 2.87. The minimum atomic E-state index is 0.597. The van der Waals surface area contributed by atoms with Gasteiger partial charge in [0.2, 0.25) is 0 Å². The Morgan fingerprint density at radius 2 is 1.03 bits per heavy atom. The maximum absolute atomic E-state index is 2.87. The van der Waals surface area contributed by atoms with Gasteiger partial charge in [0.05, 0.1) is 0 Å². The van der Waals surface area contributed by atoms with Crippen molar-refractivity contribution in [3.05, 3.63) is 0 Å². The molecule has 210 valence electrons. The van der Waals surface area contributed by atoms with E-state index in [4.69, 9.17) is 0 Å². The van der Waals surface area contributed by atoms with Gasteiger partial charge in [-0.3, -0.25) is 0 Å². The third-order valence-corrected chi connectivity index (χ3v) is 16.9. The molecule has 0 nitrogen and oxygen atoms in total. The summed E-state index contributed by atoms with van der Waals surface area (Å²) in [5.41, 5.74) is 3.08. The number of fused-ring (bicyclic) bond motifs is 11. The smallest absolute Gasteiger partial charge is 0.0259 e. The van der Waals surface area contributed by atoms with Crippen molar-refractivity contribution in [2.75, 3.05) is 0 Å². The van der Waals surface area contributed by atoms with Gasteiger partial charge >= 0.3 is 0 Å². The van der Waals surface area contributed by atoms with E-state index in [1.807, 2.05) is 0 Å². The van der Waals surface area contributed by atoms with E-state index in [0.29, 0.717) is 27.1 Å². The van der Waals surface area contributed by atoms with Crippen LogP contribution >= 0.6 is 0 Å². The van der Waals surface area contributed by atoms with E-state index in [-0.39, 0.29) is 0 Å². The molecule has 7 rings (SSSR count). The SMILES string of the molecule is C[C@H]1CC[C@H]2[C@@H](CC[C@H]3[C@]4(C)CC[C@@H]5[C@](C)(CC[C@@H]6[C@H]7CCCC(C)(C)[C@@H]7CC[C@@]56C)[C@H]4CC[C@@]32C)C1. The average molecular weight is 507 g/mol. The van der Waals surface area contributed by atoms with Crippen LogP contribution in [0, 0.1) is 80.3 Å². The zero-order valence-electron chi connectivity index (χ0n) is 26.0. The summed E-state index contributed by atoms with van der Waals surface area (Å²) in [6, 6.07) is 0. The second kappa shape index (κ2) is 8.28. The normalized spacial score (nSPS) is 60.6. The highest BCUT2D eigenvalue weighted by atomic mass is 14.7. The van der Waals surface area contributed by atoms with Crippen LogP contribution in [0.5, 0.6) is 0 Å². The molecule has 0 amide bonds. The highest BCUT2D eigenvalue weighted by Gasteiger charge is 2.69. The van der Waals surface area contributed by atoms with Crippen molar-refractivity contribution in [3.63, 3.8) is 0 Å². The molecule has 0 N–H and O–H groups in total. The Morgan fingerprint density at radius 1 is 0.459 bits per heavy atom. The molecule has 7 fully saturated rings. The molecule has 37 heavy (non-hydrogen) atoms. The summed E-state index contributed by atoms with van der Waals surface area (Å²) in [5.74, 6) is 9.18. The van der Waals surface area contributed by atoms with Crippen molar-refractivity contribution in [2.24, 2.45) is 80.3 Å². The second-order valence-electron chi connectivity index (χ2n) is 18.5. The van der Waals surface area contributed by atoms with Gasteiger partial charge in [0.1, 0.15) is 0 Å². The Bertz CT molecular complexity index is 900. The molecule has 0 bridgehead atoms. The van der Waals surface area contributed by atoms with Gasteiger partial charge in [-0.15, -0.1) is 0 Å². The molecule has 0 aromatic heterocycles. The van der Waals surface area contributed by atoms with Gasteiger partial charge < -0.3 is 0 Å². The molecule has 0 unspecified atom stereocenters. The number of rotatable bonds is 0. The topological polar surface area (TPSA) is 0 Å². The molecular weight excluding hydrogens is 444 g/mol. The zero-order valence-corrected chi connectivity index (χ0v) is 26.0. The van der Waals surface area contributed by atoms with Crippen LogP contribution in [0.15, 0.2) is 0 Å². The largest absolute Gasteiger partial charge is 0.0625 e. The highest BCUT2D eigenvalue weighted by molar-refractivity contribution is 5.18. The second-order valence-corrected chi connectivity index (χ2v) is 18.5. The van der Waals surface area contributed by atoms with Crippen molar-refractivity contribution in [1.29, 1.82) is 0 Å². The molecular formula is C37H62. The van der Waals surface area contributed by atoms with Crippen LogP contribution in [-0.4, -0.2) is 0 Å². The van der Waals surface area contributed by atoms with Crippen molar-refractivity contribution >= 4 is 0 Å². The lowest BCUT2D eigenvalue weighted by Gasteiger charge is -2.73. The summed E-state index contributed by atoms with van der Waals surface area (Å²) < 4.78 is 0. The van der Waals surface area contributed by atoms with Gasteiger partial charge in [-0.25, -0.2) is 0 Å². The van der Waals surface area contributed by atoms with E-state index >= 15 is 0 Å². The molecule has 0 spiro atoms. The van der Waals surface area contributed by atoms with E-state index in [1.54, 1.807) is 83.5 Å². The molecule has 7 aliphatic carbocycles. The molecule has 0 aliphatic heterocycles. The van der Waals surface area contributed by atoms with Crippen LogP contribution in [0.2, 0.25) is 0 Å². The van der Waals surface area contributed by atoms with Crippen LogP contribution in [0.3, 0.4) is 0 Å². The summed E-state index contributed by atoms with van der Waals surface area (Å²) in [6.07, 6.45) is 24.8. The van der Waals surface area contributed by atoms with Gasteiger partial charge in [0.25, 0.3) is 0 Å². The molecule has 0 aromatic carbocycles. The number of hydrogen-bond acceptors (Lipinski definition) is 0. The first kappa shape index (κ1) is 25.9. The first-order valence-electron chi connectivity index (χ1n) is 17.4. The predicted octanol–water partition coefficient (Wildman–Crippen LogP) is 10.9. The third-order valence-electron chi connectivity index (χ3n) is 16.9. The molecule has 0 heterocycles. The summed E-state index contributed by atoms with van der Waals surface area (Å²) in [5, 5.41) is 0. The first-order chi connectivity index (χ1) is 17.4. The zero-order chi connectivity index (χ0) is 26.0. The lowest BCUT2D eigenvalue weighted by molar-refractivity contribution is -0.244. The Kier molecular flexibility index (Phi) is 5.80. The highest BCUT2D eigenvalue weighted by Crippen LogP contribution is 2.77. The Balaban J connectivity index is 1.18. The summed E-state index contributed by atoms with van der Waals surface area (Å²) in [7, 11) is 0. The van der Waals surface area contributed by atoms with Gasteiger partial charge in [-0.1, -0.05) is 61.3 Å². The Morgan fingerprint density at radius 3 is 1.78 bits per heavy atom. The molecule has 0 saturated heterocycles. The van der Waals surface area contributed by atoms with Gasteiger partial charge in [0, 0.05) is 0 Å². The predicted molar refractivity (Wildman–Crippen MR) is 157 cm³/mol. The molecule has 0 radical (unpaired) electrons. The fraction of sp³-hybridized carbons (Fsp3) is 1.00. The van der Waals surface area contributed by atoms with Crippen LogP contribution in [0.25, 0.3) is 0 Å². The summed E-state index contributed by atoms with van der Waals surface area (Å²) in [4.78, 5) is 0. The fourth-order valence-corrected chi connectivity index (χ4v) is 15.4. The van der Waals surface area contributed by atoms with Crippen molar-refractivity contribution < 1.29 is 0 Å². The van der Waals surface area contributed by atoms with Crippen molar-refractivity contribution in [3.8, 4) is 0 Å². The minimum Gasteiger partial charge on any atom is -0.0625 e. The first-order valence-corrected chi connectivity index (χ1v) is 17.4. The Labute approximate surface area is 231 Å². The van der Waals surface area contributed by atoms with Crippen molar-refractivity contribution in [2.45, 2.75) is 151 Å². The van der Waals surface area contributed by atoms with Gasteiger partial charge in [-0.2, -0.15) is 0 Å². The van der Waals surface area contributed by atoms with Crippen LogP contribution in [-0.2, 0) is 0 Å². The molecule has 0 heteroatoms. The van der Waals surface area contributed by atoms with E-state index < -0.39 is 0 Å². The average Bonchev–Trinajstić information content (AvgIpc) is 2.82. The monoisotopic (exact) mass is 506 g/mol. The van der Waals surface area contributed by atoms with Crippen LogP contribution in [0.4, 0.5) is 0 Å². The summed E-state index contributed by atoms with van der Waals surface area (Å²) in [6.45, 7) is 19.2. The minimum absolute atomic E-state index is 0.597. The van der Waals surface area contributed by atoms with Crippen LogP contribution < -0.4 is 0 Å².